The SMILES string of the molecule is CCNC(=NCCC(=O)NC(C)CC)NC1CCN(c2ncccc2F)C1. The Balaban J connectivity index is 1.85. The molecular weight excluding hydrogens is 347 g/mol. The van der Waals surface area contributed by atoms with Gasteiger partial charge in [-0.1, -0.05) is 6.92 Å². The van der Waals surface area contributed by atoms with Crippen molar-refractivity contribution in [2.75, 3.05) is 31.1 Å². The van der Waals surface area contributed by atoms with Crippen LogP contribution in [0.15, 0.2) is 23.3 Å². The van der Waals surface area contributed by atoms with Crippen LogP contribution in [-0.4, -0.2) is 55.1 Å². The fourth-order valence-corrected chi connectivity index (χ4v) is 2.91. The van der Waals surface area contributed by atoms with Gasteiger partial charge < -0.3 is 20.9 Å². The van der Waals surface area contributed by atoms with Gasteiger partial charge in [-0.25, -0.2) is 9.37 Å². The van der Waals surface area contributed by atoms with Crippen molar-refractivity contribution in [1.82, 2.24) is 20.9 Å². The Morgan fingerprint density at radius 1 is 1.48 bits per heavy atom. The van der Waals surface area contributed by atoms with Gasteiger partial charge in [-0.05, 0) is 38.8 Å². The zero-order valence-electron chi connectivity index (χ0n) is 16.5. The average molecular weight is 378 g/mol. The molecule has 1 aliphatic heterocycles. The summed E-state index contributed by atoms with van der Waals surface area (Å²) in [6, 6.07) is 3.36. The van der Waals surface area contributed by atoms with Crippen LogP contribution in [-0.2, 0) is 4.79 Å². The van der Waals surface area contributed by atoms with E-state index in [4.69, 9.17) is 0 Å². The number of halogens is 1. The second kappa shape index (κ2) is 10.7. The van der Waals surface area contributed by atoms with Crippen molar-refractivity contribution in [3.8, 4) is 0 Å². The summed E-state index contributed by atoms with van der Waals surface area (Å²) < 4.78 is 13.9. The van der Waals surface area contributed by atoms with E-state index in [2.05, 4.69) is 25.9 Å². The maximum atomic E-state index is 13.9. The Morgan fingerprint density at radius 3 is 3.00 bits per heavy atom. The first-order chi connectivity index (χ1) is 13.0. The highest BCUT2D eigenvalue weighted by Crippen LogP contribution is 2.20. The monoisotopic (exact) mass is 378 g/mol. The van der Waals surface area contributed by atoms with E-state index < -0.39 is 0 Å². The number of guanidine groups is 1. The number of hydrogen-bond donors (Lipinski definition) is 3. The Labute approximate surface area is 160 Å². The van der Waals surface area contributed by atoms with E-state index in [1.165, 1.54) is 6.07 Å². The van der Waals surface area contributed by atoms with Gasteiger partial charge in [0.25, 0.3) is 0 Å². The van der Waals surface area contributed by atoms with Gasteiger partial charge in [0.05, 0.1) is 6.54 Å². The van der Waals surface area contributed by atoms with Crippen molar-refractivity contribution in [1.29, 1.82) is 0 Å². The summed E-state index contributed by atoms with van der Waals surface area (Å²) in [4.78, 5) is 22.4. The van der Waals surface area contributed by atoms with Gasteiger partial charge in [-0.15, -0.1) is 0 Å². The third-order valence-corrected chi connectivity index (χ3v) is 4.54. The zero-order chi connectivity index (χ0) is 19.6. The molecule has 0 bridgehead atoms. The number of pyridine rings is 1. The van der Waals surface area contributed by atoms with Crippen LogP contribution in [0, 0.1) is 5.82 Å². The molecule has 0 radical (unpaired) electrons. The first-order valence-corrected chi connectivity index (χ1v) is 9.73. The molecule has 150 valence electrons. The van der Waals surface area contributed by atoms with Crippen LogP contribution >= 0.6 is 0 Å². The molecule has 1 fully saturated rings. The van der Waals surface area contributed by atoms with Crippen molar-refractivity contribution in [2.45, 2.75) is 52.1 Å². The van der Waals surface area contributed by atoms with Gasteiger partial charge in [0.2, 0.25) is 5.91 Å². The molecule has 2 rings (SSSR count). The predicted molar refractivity (Wildman–Crippen MR) is 106 cm³/mol. The lowest BCUT2D eigenvalue weighted by molar-refractivity contribution is -0.121. The van der Waals surface area contributed by atoms with E-state index in [-0.39, 0.29) is 23.8 Å². The summed E-state index contributed by atoms with van der Waals surface area (Å²) in [5.74, 6) is 0.792. The molecule has 7 nitrogen and oxygen atoms in total. The van der Waals surface area contributed by atoms with Crippen molar-refractivity contribution >= 4 is 17.7 Å². The molecule has 27 heavy (non-hydrogen) atoms. The first-order valence-electron chi connectivity index (χ1n) is 9.73. The van der Waals surface area contributed by atoms with Gasteiger partial charge in [0.1, 0.15) is 0 Å². The number of nitrogens with zero attached hydrogens (tertiary/aromatic N) is 3. The molecule has 1 amide bonds. The number of nitrogens with one attached hydrogen (secondary N) is 3. The van der Waals surface area contributed by atoms with Crippen LogP contribution in [0.25, 0.3) is 0 Å². The Hall–Kier alpha value is -2.38. The van der Waals surface area contributed by atoms with E-state index in [0.717, 1.165) is 25.9 Å². The minimum absolute atomic E-state index is 0.0154. The minimum atomic E-state index is -0.300. The number of amides is 1. The van der Waals surface area contributed by atoms with Gasteiger partial charge in [-0.2, -0.15) is 0 Å². The van der Waals surface area contributed by atoms with Gasteiger partial charge in [0, 0.05) is 44.3 Å². The van der Waals surface area contributed by atoms with Crippen molar-refractivity contribution in [3.05, 3.63) is 24.1 Å². The molecule has 1 aliphatic rings. The standard InChI is InChI=1S/C19H31FN6O/c1-4-14(3)24-17(27)8-11-23-19(21-5-2)25-15-9-12-26(13-15)18-16(20)7-6-10-22-18/h6-7,10,14-15H,4-5,8-9,11-13H2,1-3H3,(H,24,27)(H2,21,23,25). The summed E-state index contributed by atoms with van der Waals surface area (Å²) in [5, 5.41) is 9.52. The molecule has 2 atom stereocenters. The lowest BCUT2D eigenvalue weighted by Gasteiger charge is -2.20. The first kappa shape index (κ1) is 20.9. The lowest BCUT2D eigenvalue weighted by Crippen LogP contribution is -2.45. The number of anilines is 1. The van der Waals surface area contributed by atoms with Crippen LogP contribution in [0.2, 0.25) is 0 Å². The zero-order valence-corrected chi connectivity index (χ0v) is 16.5. The second-order valence-electron chi connectivity index (χ2n) is 6.77. The molecular formula is C19H31FN6O. The van der Waals surface area contributed by atoms with Crippen LogP contribution in [0.1, 0.15) is 40.0 Å². The predicted octanol–water partition coefficient (Wildman–Crippen LogP) is 1.66. The highest BCUT2D eigenvalue weighted by molar-refractivity contribution is 5.81. The number of carbonyl (C=O) groups is 1. The fraction of sp³-hybridized carbons (Fsp3) is 0.632. The summed E-state index contributed by atoms with van der Waals surface area (Å²) in [5.41, 5.74) is 0. The Bertz CT molecular complexity index is 638. The fourth-order valence-electron chi connectivity index (χ4n) is 2.91. The topological polar surface area (TPSA) is 81.6 Å². The summed E-state index contributed by atoms with van der Waals surface area (Å²) >= 11 is 0. The van der Waals surface area contributed by atoms with Crippen LogP contribution in [0.5, 0.6) is 0 Å². The number of carbonyl (C=O) groups excluding carboxylic acids is 1. The van der Waals surface area contributed by atoms with E-state index in [1.807, 2.05) is 25.7 Å². The smallest absolute Gasteiger partial charge is 0.222 e. The minimum Gasteiger partial charge on any atom is -0.357 e. The van der Waals surface area contributed by atoms with Crippen LogP contribution in [0.4, 0.5) is 10.2 Å². The number of aromatic nitrogens is 1. The number of hydrogen-bond acceptors (Lipinski definition) is 4. The highest BCUT2D eigenvalue weighted by atomic mass is 19.1. The summed E-state index contributed by atoms with van der Waals surface area (Å²) in [7, 11) is 0. The van der Waals surface area contributed by atoms with E-state index in [1.54, 1.807) is 12.3 Å². The van der Waals surface area contributed by atoms with E-state index >= 15 is 0 Å². The maximum Gasteiger partial charge on any atom is 0.222 e. The third kappa shape index (κ3) is 6.69. The molecule has 1 saturated heterocycles. The van der Waals surface area contributed by atoms with Crippen molar-refractivity contribution in [3.63, 3.8) is 0 Å². The third-order valence-electron chi connectivity index (χ3n) is 4.54. The second-order valence-corrected chi connectivity index (χ2v) is 6.77. The maximum absolute atomic E-state index is 13.9. The lowest BCUT2D eigenvalue weighted by atomic mass is 10.2. The Kier molecular flexibility index (Phi) is 8.29. The van der Waals surface area contributed by atoms with Crippen molar-refractivity contribution in [2.24, 2.45) is 4.99 Å². The van der Waals surface area contributed by atoms with Crippen LogP contribution in [0.3, 0.4) is 0 Å². The summed E-state index contributed by atoms with van der Waals surface area (Å²) in [6.07, 6.45) is 3.75. The molecule has 0 spiro atoms. The largest absolute Gasteiger partial charge is 0.357 e. The van der Waals surface area contributed by atoms with Crippen LogP contribution < -0.4 is 20.9 Å². The molecule has 8 heteroatoms. The van der Waals surface area contributed by atoms with E-state index in [0.29, 0.717) is 31.3 Å². The van der Waals surface area contributed by atoms with Gasteiger partial charge >= 0.3 is 0 Å². The molecule has 1 aromatic heterocycles. The molecule has 3 N–H and O–H groups in total. The molecule has 0 saturated carbocycles. The number of aliphatic imine (C=N–C) groups is 1. The van der Waals surface area contributed by atoms with E-state index in [9.17, 15) is 9.18 Å². The summed E-state index contributed by atoms with van der Waals surface area (Å²) in [6.45, 7) is 8.58. The average Bonchev–Trinajstić information content (AvgIpc) is 3.10. The molecule has 1 aromatic rings. The molecule has 0 aromatic carbocycles. The molecule has 0 aliphatic carbocycles. The van der Waals surface area contributed by atoms with Crippen molar-refractivity contribution < 1.29 is 9.18 Å². The molecule has 2 heterocycles. The molecule has 2 unspecified atom stereocenters. The number of rotatable bonds is 8. The Morgan fingerprint density at radius 2 is 2.30 bits per heavy atom. The highest BCUT2D eigenvalue weighted by Gasteiger charge is 2.25. The normalized spacial score (nSPS) is 18.3. The van der Waals surface area contributed by atoms with Gasteiger partial charge in [-0.3, -0.25) is 9.79 Å². The van der Waals surface area contributed by atoms with Gasteiger partial charge in [0.15, 0.2) is 17.6 Å². The quantitative estimate of drug-likeness (QED) is 0.473.